The van der Waals surface area contributed by atoms with E-state index >= 15 is 0 Å². The largest absolute Gasteiger partial charge is 0.475 e. The van der Waals surface area contributed by atoms with Crippen LogP contribution in [0.2, 0.25) is 0 Å². The number of rotatable bonds is 6. The van der Waals surface area contributed by atoms with Crippen LogP contribution < -0.4 is 15.0 Å². The van der Waals surface area contributed by atoms with E-state index in [2.05, 4.69) is 10.3 Å². The molecule has 1 saturated heterocycles. The Labute approximate surface area is 153 Å². The van der Waals surface area contributed by atoms with E-state index in [1.54, 1.807) is 17.0 Å². The number of amides is 2. The normalized spacial score (nSPS) is 14.0. The molecule has 0 bridgehead atoms. The molecule has 26 heavy (non-hydrogen) atoms. The van der Waals surface area contributed by atoms with Crippen LogP contribution in [0.5, 0.6) is 5.88 Å². The molecule has 6 nitrogen and oxygen atoms in total. The van der Waals surface area contributed by atoms with Gasteiger partial charge >= 0.3 is 0 Å². The summed E-state index contributed by atoms with van der Waals surface area (Å²) in [6.07, 6.45) is 3.08. The quantitative estimate of drug-likeness (QED) is 0.867. The molecule has 1 aliphatic rings. The SMILES string of the molecule is CC(C)Oc1ccc(C(=O)NCc2ccc(N3CCCC3=O)cc2)cn1. The first-order valence-corrected chi connectivity index (χ1v) is 8.83. The number of hydrogen-bond acceptors (Lipinski definition) is 4. The lowest BCUT2D eigenvalue weighted by Crippen LogP contribution is -2.24. The number of carbonyl (C=O) groups is 2. The van der Waals surface area contributed by atoms with E-state index in [0.29, 0.717) is 24.4 Å². The first-order valence-electron chi connectivity index (χ1n) is 8.83. The van der Waals surface area contributed by atoms with Crippen molar-refractivity contribution in [2.45, 2.75) is 39.3 Å². The molecule has 1 aromatic heterocycles. The van der Waals surface area contributed by atoms with E-state index in [1.165, 1.54) is 6.20 Å². The summed E-state index contributed by atoms with van der Waals surface area (Å²) in [7, 11) is 0. The van der Waals surface area contributed by atoms with Gasteiger partial charge in [0.2, 0.25) is 11.8 Å². The summed E-state index contributed by atoms with van der Waals surface area (Å²) in [6, 6.07) is 11.1. The van der Waals surface area contributed by atoms with Gasteiger partial charge in [-0.1, -0.05) is 12.1 Å². The number of pyridine rings is 1. The fraction of sp³-hybridized carbons (Fsp3) is 0.350. The Morgan fingerprint density at radius 1 is 1.23 bits per heavy atom. The predicted molar refractivity (Wildman–Crippen MR) is 99.2 cm³/mol. The molecule has 0 spiro atoms. The minimum Gasteiger partial charge on any atom is -0.475 e. The van der Waals surface area contributed by atoms with Gasteiger partial charge in [0.1, 0.15) is 0 Å². The summed E-state index contributed by atoms with van der Waals surface area (Å²) in [5.41, 5.74) is 2.37. The van der Waals surface area contributed by atoms with Gasteiger partial charge < -0.3 is 15.0 Å². The number of aromatic nitrogens is 1. The van der Waals surface area contributed by atoms with Crippen molar-refractivity contribution in [3.63, 3.8) is 0 Å². The van der Waals surface area contributed by atoms with E-state index in [0.717, 1.165) is 24.2 Å². The van der Waals surface area contributed by atoms with Crippen LogP contribution in [0, 0.1) is 0 Å². The van der Waals surface area contributed by atoms with Crippen LogP contribution in [0.3, 0.4) is 0 Å². The molecule has 2 amide bonds. The fourth-order valence-electron chi connectivity index (χ4n) is 2.83. The topological polar surface area (TPSA) is 71.5 Å². The average Bonchev–Trinajstić information content (AvgIpc) is 3.06. The van der Waals surface area contributed by atoms with Crippen molar-refractivity contribution >= 4 is 17.5 Å². The van der Waals surface area contributed by atoms with Gasteiger partial charge in [0.15, 0.2) is 0 Å². The average molecular weight is 353 g/mol. The summed E-state index contributed by atoms with van der Waals surface area (Å²) in [5, 5.41) is 2.87. The van der Waals surface area contributed by atoms with Crippen molar-refractivity contribution in [2.24, 2.45) is 0 Å². The minimum absolute atomic E-state index is 0.0426. The second-order valence-electron chi connectivity index (χ2n) is 6.55. The molecule has 0 saturated carbocycles. The summed E-state index contributed by atoms with van der Waals surface area (Å²) >= 11 is 0. The molecule has 136 valence electrons. The maximum absolute atomic E-state index is 12.2. The summed E-state index contributed by atoms with van der Waals surface area (Å²) in [6.45, 7) is 5.04. The first-order chi connectivity index (χ1) is 12.5. The number of ether oxygens (including phenoxy) is 1. The molecule has 0 unspecified atom stereocenters. The Hall–Kier alpha value is -2.89. The van der Waals surface area contributed by atoms with E-state index in [-0.39, 0.29) is 17.9 Å². The maximum atomic E-state index is 12.2. The zero-order valence-corrected chi connectivity index (χ0v) is 15.1. The maximum Gasteiger partial charge on any atom is 0.253 e. The number of anilines is 1. The Kier molecular flexibility index (Phi) is 5.51. The smallest absolute Gasteiger partial charge is 0.253 e. The number of carbonyl (C=O) groups excluding carboxylic acids is 2. The fourth-order valence-corrected chi connectivity index (χ4v) is 2.83. The second-order valence-corrected chi connectivity index (χ2v) is 6.55. The monoisotopic (exact) mass is 353 g/mol. The second kappa shape index (κ2) is 7.99. The van der Waals surface area contributed by atoms with Gasteiger partial charge in [-0.25, -0.2) is 4.98 Å². The van der Waals surface area contributed by atoms with Gasteiger partial charge in [0, 0.05) is 37.5 Å². The minimum atomic E-state index is -0.188. The van der Waals surface area contributed by atoms with Crippen LogP contribution in [0.4, 0.5) is 5.69 Å². The van der Waals surface area contributed by atoms with E-state index in [1.807, 2.05) is 38.1 Å². The molecule has 0 aliphatic carbocycles. The van der Waals surface area contributed by atoms with Gasteiger partial charge in [0.05, 0.1) is 11.7 Å². The summed E-state index contributed by atoms with van der Waals surface area (Å²) in [5.74, 6) is 0.486. The third-order valence-electron chi connectivity index (χ3n) is 4.13. The molecule has 0 radical (unpaired) electrons. The lowest BCUT2D eigenvalue weighted by atomic mass is 10.2. The lowest BCUT2D eigenvalue weighted by molar-refractivity contribution is -0.117. The molecule has 0 atom stereocenters. The summed E-state index contributed by atoms with van der Waals surface area (Å²) < 4.78 is 5.47. The number of nitrogens with zero attached hydrogens (tertiary/aromatic N) is 2. The van der Waals surface area contributed by atoms with Crippen molar-refractivity contribution < 1.29 is 14.3 Å². The first kappa shape index (κ1) is 17.9. The molecule has 2 heterocycles. The van der Waals surface area contributed by atoms with Crippen LogP contribution in [-0.2, 0) is 11.3 Å². The highest BCUT2D eigenvalue weighted by Crippen LogP contribution is 2.21. The van der Waals surface area contributed by atoms with Crippen LogP contribution in [0.25, 0.3) is 0 Å². The Balaban J connectivity index is 1.55. The standard InChI is InChI=1S/C20H23N3O3/c1-14(2)26-18-10-7-16(13-21-18)20(25)22-12-15-5-8-17(9-6-15)23-11-3-4-19(23)24/h5-10,13-14H,3-4,11-12H2,1-2H3,(H,22,25). The molecule has 2 aromatic rings. The van der Waals surface area contributed by atoms with E-state index in [9.17, 15) is 9.59 Å². The lowest BCUT2D eigenvalue weighted by Gasteiger charge is -2.16. The molecule has 3 rings (SSSR count). The van der Waals surface area contributed by atoms with Gasteiger partial charge in [0.25, 0.3) is 5.91 Å². The van der Waals surface area contributed by atoms with Crippen LogP contribution in [0.1, 0.15) is 42.6 Å². The van der Waals surface area contributed by atoms with Crippen molar-refractivity contribution in [1.82, 2.24) is 10.3 Å². The van der Waals surface area contributed by atoms with E-state index < -0.39 is 0 Å². The molecular formula is C20H23N3O3. The van der Waals surface area contributed by atoms with E-state index in [4.69, 9.17) is 4.74 Å². The van der Waals surface area contributed by atoms with Crippen LogP contribution >= 0.6 is 0 Å². The molecule has 1 N–H and O–H groups in total. The Morgan fingerprint density at radius 2 is 2.00 bits per heavy atom. The molecular weight excluding hydrogens is 330 g/mol. The highest BCUT2D eigenvalue weighted by atomic mass is 16.5. The highest BCUT2D eigenvalue weighted by Gasteiger charge is 2.21. The van der Waals surface area contributed by atoms with Crippen molar-refractivity contribution in [3.05, 3.63) is 53.7 Å². The summed E-state index contributed by atoms with van der Waals surface area (Å²) in [4.78, 5) is 29.9. The highest BCUT2D eigenvalue weighted by molar-refractivity contribution is 5.95. The van der Waals surface area contributed by atoms with Crippen molar-refractivity contribution in [3.8, 4) is 5.88 Å². The predicted octanol–water partition coefficient (Wildman–Crippen LogP) is 2.93. The molecule has 6 heteroatoms. The van der Waals surface area contributed by atoms with Crippen molar-refractivity contribution in [1.29, 1.82) is 0 Å². The zero-order chi connectivity index (χ0) is 18.5. The van der Waals surface area contributed by atoms with Gasteiger partial charge in [-0.05, 0) is 44.0 Å². The third kappa shape index (κ3) is 4.39. The molecule has 1 aromatic carbocycles. The van der Waals surface area contributed by atoms with Crippen molar-refractivity contribution in [2.75, 3.05) is 11.4 Å². The number of nitrogens with one attached hydrogen (secondary N) is 1. The Morgan fingerprint density at radius 3 is 2.58 bits per heavy atom. The van der Waals surface area contributed by atoms with Gasteiger partial charge in [-0.3, -0.25) is 9.59 Å². The molecule has 1 fully saturated rings. The zero-order valence-electron chi connectivity index (χ0n) is 15.1. The number of hydrogen-bond donors (Lipinski definition) is 1. The number of benzene rings is 1. The van der Waals surface area contributed by atoms with Crippen LogP contribution in [-0.4, -0.2) is 29.4 Å². The van der Waals surface area contributed by atoms with Crippen LogP contribution in [0.15, 0.2) is 42.6 Å². The van der Waals surface area contributed by atoms with Gasteiger partial charge in [-0.2, -0.15) is 0 Å². The van der Waals surface area contributed by atoms with Gasteiger partial charge in [-0.15, -0.1) is 0 Å². The Bertz CT molecular complexity index is 770. The molecule has 1 aliphatic heterocycles. The third-order valence-corrected chi connectivity index (χ3v) is 4.13.